The number of benzene rings is 1. The second-order valence-corrected chi connectivity index (χ2v) is 5.71. The summed E-state index contributed by atoms with van der Waals surface area (Å²) in [4.78, 5) is 18.4. The van der Waals surface area contributed by atoms with Crippen LogP contribution >= 0.6 is 11.3 Å². The molecule has 1 aromatic carbocycles. The van der Waals surface area contributed by atoms with Gasteiger partial charge in [-0.3, -0.25) is 4.79 Å². The first kappa shape index (κ1) is 14.7. The number of likely N-dealkylation sites (N-methyl/N-ethyl adjacent to an activating group) is 1. The number of unbranched alkanes of at least 4 members (excludes halogenated alkanes) is 1. The van der Waals surface area contributed by atoms with Gasteiger partial charge in [0.2, 0.25) is 5.91 Å². The fraction of sp³-hybridized carbons (Fsp3) is 0.375. The first-order valence-corrected chi connectivity index (χ1v) is 7.82. The summed E-state index contributed by atoms with van der Waals surface area (Å²) in [5, 5.41) is 2.96. The maximum absolute atomic E-state index is 12.1. The van der Waals surface area contributed by atoms with Gasteiger partial charge in [0.1, 0.15) is 5.01 Å². The van der Waals surface area contributed by atoms with Crippen LogP contribution in [0.5, 0.6) is 0 Å². The third-order valence-electron chi connectivity index (χ3n) is 3.18. The third-order valence-corrected chi connectivity index (χ3v) is 4.12. The van der Waals surface area contributed by atoms with E-state index in [4.69, 9.17) is 0 Å². The van der Waals surface area contributed by atoms with E-state index in [-0.39, 0.29) is 5.91 Å². The summed E-state index contributed by atoms with van der Waals surface area (Å²) in [6, 6.07) is 10.1. The van der Waals surface area contributed by atoms with Gasteiger partial charge in [-0.15, -0.1) is 11.3 Å². The fourth-order valence-electron chi connectivity index (χ4n) is 1.91. The molecule has 0 saturated heterocycles. The SMILES string of the molecule is CCCCN(C)C(=O)Cc1csc(-c2ccccc2)n1. The lowest BCUT2D eigenvalue weighted by molar-refractivity contribution is -0.129. The maximum atomic E-state index is 12.1. The van der Waals surface area contributed by atoms with Crippen molar-refractivity contribution >= 4 is 17.2 Å². The molecule has 1 heterocycles. The van der Waals surface area contributed by atoms with Crippen molar-refractivity contribution in [1.29, 1.82) is 0 Å². The van der Waals surface area contributed by atoms with Crippen molar-refractivity contribution in [1.82, 2.24) is 9.88 Å². The summed E-state index contributed by atoms with van der Waals surface area (Å²) in [6.45, 7) is 2.95. The molecule has 2 rings (SSSR count). The van der Waals surface area contributed by atoms with Crippen molar-refractivity contribution in [3.05, 3.63) is 41.4 Å². The minimum atomic E-state index is 0.142. The predicted molar refractivity (Wildman–Crippen MR) is 83.8 cm³/mol. The molecule has 0 spiro atoms. The maximum Gasteiger partial charge on any atom is 0.228 e. The van der Waals surface area contributed by atoms with Crippen LogP contribution in [-0.2, 0) is 11.2 Å². The number of aromatic nitrogens is 1. The van der Waals surface area contributed by atoms with Crippen molar-refractivity contribution in [2.75, 3.05) is 13.6 Å². The quantitative estimate of drug-likeness (QED) is 0.813. The van der Waals surface area contributed by atoms with Crippen molar-refractivity contribution in [3.63, 3.8) is 0 Å². The molecule has 4 heteroatoms. The second kappa shape index (κ2) is 7.20. The zero-order chi connectivity index (χ0) is 14.4. The molecule has 0 atom stereocenters. The number of thiazole rings is 1. The Labute approximate surface area is 124 Å². The molecule has 0 saturated carbocycles. The van der Waals surface area contributed by atoms with Crippen molar-refractivity contribution in [2.24, 2.45) is 0 Å². The Hall–Kier alpha value is -1.68. The van der Waals surface area contributed by atoms with Gasteiger partial charge in [0.15, 0.2) is 0 Å². The lowest BCUT2D eigenvalue weighted by Crippen LogP contribution is -2.29. The summed E-state index contributed by atoms with van der Waals surface area (Å²) in [5.74, 6) is 0.142. The summed E-state index contributed by atoms with van der Waals surface area (Å²) in [5.41, 5.74) is 1.97. The number of amides is 1. The van der Waals surface area contributed by atoms with Crippen LogP contribution in [0, 0.1) is 0 Å². The van der Waals surface area contributed by atoms with E-state index in [1.165, 1.54) is 0 Å². The normalized spacial score (nSPS) is 10.5. The molecule has 2 aromatic rings. The van der Waals surface area contributed by atoms with Crippen LogP contribution in [-0.4, -0.2) is 29.4 Å². The Morgan fingerprint density at radius 3 is 2.75 bits per heavy atom. The highest BCUT2D eigenvalue weighted by Gasteiger charge is 2.12. The molecule has 0 fully saturated rings. The van der Waals surface area contributed by atoms with E-state index < -0.39 is 0 Å². The highest BCUT2D eigenvalue weighted by molar-refractivity contribution is 7.13. The van der Waals surface area contributed by atoms with Gasteiger partial charge in [-0.2, -0.15) is 0 Å². The molecular formula is C16H20N2OS. The molecule has 0 bridgehead atoms. The lowest BCUT2D eigenvalue weighted by Gasteiger charge is -2.15. The number of carbonyl (C=O) groups excluding carboxylic acids is 1. The number of rotatable bonds is 6. The van der Waals surface area contributed by atoms with Crippen LogP contribution in [0.2, 0.25) is 0 Å². The van der Waals surface area contributed by atoms with E-state index in [1.54, 1.807) is 16.2 Å². The van der Waals surface area contributed by atoms with Crippen LogP contribution in [0.1, 0.15) is 25.5 Å². The van der Waals surface area contributed by atoms with Crippen molar-refractivity contribution < 1.29 is 4.79 Å². The molecule has 0 unspecified atom stereocenters. The minimum absolute atomic E-state index is 0.142. The Bertz CT molecular complexity index is 551. The largest absolute Gasteiger partial charge is 0.345 e. The monoisotopic (exact) mass is 288 g/mol. The van der Waals surface area contributed by atoms with Gasteiger partial charge in [0.25, 0.3) is 0 Å². The molecule has 0 aliphatic heterocycles. The van der Waals surface area contributed by atoms with Gasteiger partial charge >= 0.3 is 0 Å². The van der Waals surface area contributed by atoms with Crippen LogP contribution in [0.15, 0.2) is 35.7 Å². The van der Waals surface area contributed by atoms with E-state index in [2.05, 4.69) is 11.9 Å². The Kier molecular flexibility index (Phi) is 5.30. The first-order valence-electron chi connectivity index (χ1n) is 6.94. The number of nitrogens with zero attached hydrogens (tertiary/aromatic N) is 2. The Balaban J connectivity index is 1.98. The van der Waals surface area contributed by atoms with Crippen LogP contribution < -0.4 is 0 Å². The standard InChI is InChI=1S/C16H20N2OS/c1-3-4-10-18(2)15(19)11-14-12-20-16(17-14)13-8-6-5-7-9-13/h5-9,12H,3-4,10-11H2,1-2H3. The summed E-state index contributed by atoms with van der Waals surface area (Å²) < 4.78 is 0. The third kappa shape index (κ3) is 3.90. The van der Waals surface area contributed by atoms with Gasteiger partial charge < -0.3 is 4.90 Å². The predicted octanol–water partition coefficient (Wildman–Crippen LogP) is 3.61. The second-order valence-electron chi connectivity index (χ2n) is 4.86. The Morgan fingerprint density at radius 2 is 2.05 bits per heavy atom. The minimum Gasteiger partial charge on any atom is -0.345 e. The van der Waals surface area contributed by atoms with Crippen molar-refractivity contribution in [2.45, 2.75) is 26.2 Å². The van der Waals surface area contributed by atoms with Crippen LogP contribution in [0.4, 0.5) is 0 Å². The van der Waals surface area contributed by atoms with Crippen molar-refractivity contribution in [3.8, 4) is 10.6 Å². The molecule has 0 aliphatic carbocycles. The summed E-state index contributed by atoms with van der Waals surface area (Å²) in [6.07, 6.45) is 2.55. The number of hydrogen-bond donors (Lipinski definition) is 0. The molecule has 0 N–H and O–H groups in total. The zero-order valence-electron chi connectivity index (χ0n) is 12.0. The van der Waals surface area contributed by atoms with Gasteiger partial charge in [-0.25, -0.2) is 4.98 Å². The van der Waals surface area contributed by atoms with E-state index in [9.17, 15) is 4.79 Å². The van der Waals surface area contributed by atoms with Gasteiger partial charge in [-0.05, 0) is 6.42 Å². The Morgan fingerprint density at radius 1 is 1.30 bits per heavy atom. The fourth-order valence-corrected chi connectivity index (χ4v) is 2.74. The van der Waals surface area contributed by atoms with Gasteiger partial charge in [0.05, 0.1) is 12.1 Å². The zero-order valence-corrected chi connectivity index (χ0v) is 12.8. The summed E-state index contributed by atoms with van der Waals surface area (Å²) >= 11 is 1.59. The van der Waals surface area contributed by atoms with E-state index in [0.29, 0.717) is 6.42 Å². The molecule has 106 valence electrons. The average Bonchev–Trinajstić information content (AvgIpc) is 2.94. The molecule has 1 aromatic heterocycles. The summed E-state index contributed by atoms with van der Waals surface area (Å²) in [7, 11) is 1.86. The molecule has 1 amide bonds. The number of hydrogen-bond acceptors (Lipinski definition) is 3. The molecule has 0 radical (unpaired) electrons. The molecule has 0 aliphatic rings. The van der Waals surface area contributed by atoms with E-state index in [0.717, 1.165) is 35.7 Å². The molecule has 20 heavy (non-hydrogen) atoms. The smallest absolute Gasteiger partial charge is 0.228 e. The van der Waals surface area contributed by atoms with Crippen LogP contribution in [0.25, 0.3) is 10.6 Å². The highest BCUT2D eigenvalue weighted by Crippen LogP contribution is 2.23. The lowest BCUT2D eigenvalue weighted by atomic mass is 10.2. The topological polar surface area (TPSA) is 33.2 Å². The van der Waals surface area contributed by atoms with Gasteiger partial charge in [0, 0.05) is 24.5 Å². The molecule has 3 nitrogen and oxygen atoms in total. The highest BCUT2D eigenvalue weighted by atomic mass is 32.1. The average molecular weight is 288 g/mol. The van der Waals surface area contributed by atoms with Gasteiger partial charge in [-0.1, -0.05) is 43.7 Å². The van der Waals surface area contributed by atoms with E-state index >= 15 is 0 Å². The first-order chi connectivity index (χ1) is 9.70. The van der Waals surface area contributed by atoms with Crippen LogP contribution in [0.3, 0.4) is 0 Å². The number of carbonyl (C=O) groups is 1. The molecular weight excluding hydrogens is 268 g/mol. The van der Waals surface area contributed by atoms with E-state index in [1.807, 2.05) is 42.8 Å².